The molecule has 0 aliphatic heterocycles. The molecule has 0 aliphatic rings. The quantitative estimate of drug-likeness (QED) is 0.459. The van der Waals surface area contributed by atoms with E-state index >= 15 is 0 Å². The van der Waals surface area contributed by atoms with Crippen LogP contribution in [0, 0.1) is 0 Å². The molecule has 0 saturated heterocycles. The Labute approximate surface area is 156 Å². The molecule has 0 fully saturated rings. The number of H-pyrrole nitrogens is 1. The number of thiophene rings is 1. The number of anilines is 1. The van der Waals surface area contributed by atoms with Crippen LogP contribution in [0.15, 0.2) is 47.4 Å². The van der Waals surface area contributed by atoms with Gasteiger partial charge in [0.25, 0.3) is 0 Å². The lowest BCUT2D eigenvalue weighted by Crippen LogP contribution is -2.05. The van der Waals surface area contributed by atoms with Crippen LogP contribution >= 0.6 is 22.9 Å². The fourth-order valence-corrected chi connectivity index (χ4v) is 3.63. The van der Waals surface area contributed by atoms with Crippen molar-refractivity contribution in [2.24, 2.45) is 0 Å². The second kappa shape index (κ2) is 6.08. The number of nitrogens with one attached hydrogen (secondary N) is 2. The fourth-order valence-electron chi connectivity index (χ4n) is 2.84. The minimum Gasteiger partial charge on any atom is -0.361 e. The minimum atomic E-state index is 0.168. The molecule has 0 spiro atoms. The molecule has 9 heteroatoms. The van der Waals surface area contributed by atoms with Crippen LogP contribution < -0.4 is 5.32 Å². The van der Waals surface area contributed by atoms with E-state index in [1.54, 1.807) is 17.7 Å². The van der Waals surface area contributed by atoms with Crippen LogP contribution in [0.2, 0.25) is 5.28 Å². The number of rotatable bonds is 4. The lowest BCUT2D eigenvalue weighted by Gasteiger charge is -2.06. The molecule has 26 heavy (non-hydrogen) atoms. The Morgan fingerprint density at radius 3 is 2.92 bits per heavy atom. The maximum Gasteiger partial charge on any atom is 0.226 e. The van der Waals surface area contributed by atoms with Crippen molar-refractivity contribution in [1.29, 1.82) is 0 Å². The highest BCUT2D eigenvalue weighted by atomic mass is 35.5. The van der Waals surface area contributed by atoms with Crippen molar-refractivity contribution in [2.45, 2.75) is 6.54 Å². The van der Waals surface area contributed by atoms with Crippen molar-refractivity contribution < 1.29 is 0 Å². The third kappa shape index (κ3) is 2.59. The Balaban J connectivity index is 1.50. The first kappa shape index (κ1) is 15.3. The van der Waals surface area contributed by atoms with Crippen LogP contribution in [0.3, 0.4) is 0 Å². The van der Waals surface area contributed by atoms with Crippen LogP contribution in [-0.2, 0) is 6.54 Å². The van der Waals surface area contributed by atoms with E-state index in [2.05, 4.69) is 30.2 Å². The third-order valence-electron chi connectivity index (χ3n) is 4.01. The zero-order chi connectivity index (χ0) is 17.5. The van der Waals surface area contributed by atoms with Gasteiger partial charge in [-0.15, -0.1) is 0 Å². The minimum absolute atomic E-state index is 0.168. The van der Waals surface area contributed by atoms with Gasteiger partial charge in [-0.2, -0.15) is 21.3 Å². The zero-order valence-corrected chi connectivity index (χ0v) is 14.9. The molecule has 0 radical (unpaired) electrons. The summed E-state index contributed by atoms with van der Waals surface area (Å²) in [7, 11) is 0. The van der Waals surface area contributed by atoms with Gasteiger partial charge in [-0.1, -0.05) is 12.1 Å². The van der Waals surface area contributed by atoms with Gasteiger partial charge in [0.15, 0.2) is 17.0 Å². The molecule has 0 amide bonds. The van der Waals surface area contributed by atoms with Crippen LogP contribution in [0.4, 0.5) is 5.82 Å². The topological polar surface area (TPSA) is 84.3 Å². The van der Waals surface area contributed by atoms with Crippen molar-refractivity contribution in [2.75, 3.05) is 5.32 Å². The van der Waals surface area contributed by atoms with Crippen molar-refractivity contribution in [1.82, 2.24) is 29.5 Å². The Hall–Kier alpha value is -2.97. The molecule has 4 heterocycles. The van der Waals surface area contributed by atoms with Crippen LogP contribution in [0.1, 0.15) is 5.82 Å². The Morgan fingerprint density at radius 2 is 2.08 bits per heavy atom. The Morgan fingerprint density at radius 1 is 1.15 bits per heavy atom. The Bertz CT molecular complexity index is 1180. The van der Waals surface area contributed by atoms with E-state index in [1.165, 1.54) is 0 Å². The maximum atomic E-state index is 6.14. The molecule has 5 rings (SSSR count). The predicted molar refractivity (Wildman–Crippen MR) is 103 cm³/mol. The number of fused-ring (bicyclic) bond motifs is 2. The second-order valence-corrected chi connectivity index (χ2v) is 6.78. The average Bonchev–Trinajstić information content (AvgIpc) is 3.37. The van der Waals surface area contributed by atoms with E-state index in [4.69, 9.17) is 11.6 Å². The van der Waals surface area contributed by atoms with Gasteiger partial charge in [0, 0.05) is 5.38 Å². The largest absolute Gasteiger partial charge is 0.361 e. The average molecular weight is 382 g/mol. The van der Waals surface area contributed by atoms with E-state index in [1.807, 2.05) is 45.7 Å². The molecular formula is C17H12ClN7S. The SMILES string of the molecule is Clc1nc(NCc2nc3ccccc3[nH]2)c2ncn(-c3ccsc3)c2n1. The first-order valence-corrected chi connectivity index (χ1v) is 9.21. The van der Waals surface area contributed by atoms with E-state index < -0.39 is 0 Å². The number of nitrogens with zero attached hydrogens (tertiary/aromatic N) is 5. The van der Waals surface area contributed by atoms with Gasteiger partial charge in [0.05, 0.1) is 23.3 Å². The first-order chi connectivity index (χ1) is 12.8. The lowest BCUT2D eigenvalue weighted by molar-refractivity contribution is 0.995. The lowest BCUT2D eigenvalue weighted by atomic mass is 10.3. The number of benzene rings is 1. The molecule has 1 aromatic carbocycles. The molecule has 5 aromatic rings. The van der Waals surface area contributed by atoms with Crippen molar-refractivity contribution in [3.63, 3.8) is 0 Å². The van der Waals surface area contributed by atoms with Crippen molar-refractivity contribution in [3.05, 3.63) is 58.5 Å². The summed E-state index contributed by atoms with van der Waals surface area (Å²) in [5, 5.41) is 7.46. The summed E-state index contributed by atoms with van der Waals surface area (Å²) in [6.07, 6.45) is 1.73. The highest BCUT2D eigenvalue weighted by Gasteiger charge is 2.14. The monoisotopic (exact) mass is 381 g/mol. The summed E-state index contributed by atoms with van der Waals surface area (Å²) in [5.41, 5.74) is 4.25. The predicted octanol–water partition coefficient (Wildman–Crippen LogP) is 4.02. The molecule has 0 aliphatic carbocycles. The number of para-hydroxylation sites is 2. The van der Waals surface area contributed by atoms with Crippen molar-refractivity contribution in [3.8, 4) is 5.69 Å². The highest BCUT2D eigenvalue weighted by molar-refractivity contribution is 7.08. The molecule has 0 bridgehead atoms. The van der Waals surface area contributed by atoms with Gasteiger partial charge >= 0.3 is 0 Å². The standard InChI is InChI=1S/C17H12ClN7S/c18-17-23-15(19-7-13-21-11-3-1-2-4-12(11)22-13)14-16(24-17)25(9-20-14)10-5-6-26-8-10/h1-6,8-9H,7H2,(H,21,22)(H,19,23,24). The van der Waals surface area contributed by atoms with E-state index in [-0.39, 0.29) is 5.28 Å². The van der Waals surface area contributed by atoms with E-state index in [0.29, 0.717) is 23.5 Å². The van der Waals surface area contributed by atoms with E-state index in [9.17, 15) is 0 Å². The third-order valence-corrected chi connectivity index (χ3v) is 4.85. The van der Waals surface area contributed by atoms with E-state index in [0.717, 1.165) is 22.5 Å². The highest BCUT2D eigenvalue weighted by Crippen LogP contribution is 2.25. The maximum absolute atomic E-state index is 6.14. The fraction of sp³-hybridized carbons (Fsp3) is 0.0588. The second-order valence-electron chi connectivity index (χ2n) is 5.66. The molecule has 0 atom stereocenters. The van der Waals surface area contributed by atoms with Crippen LogP contribution in [0.25, 0.3) is 27.9 Å². The summed E-state index contributed by atoms with van der Waals surface area (Å²) < 4.78 is 1.89. The molecule has 2 N–H and O–H groups in total. The summed E-state index contributed by atoms with van der Waals surface area (Å²) in [5.74, 6) is 1.39. The van der Waals surface area contributed by atoms with Crippen LogP contribution in [-0.4, -0.2) is 29.5 Å². The molecule has 7 nitrogen and oxygen atoms in total. The number of hydrogen-bond acceptors (Lipinski definition) is 6. The normalized spacial score (nSPS) is 11.4. The number of halogens is 1. The van der Waals surface area contributed by atoms with Crippen LogP contribution in [0.5, 0.6) is 0 Å². The van der Waals surface area contributed by atoms with Gasteiger partial charge < -0.3 is 10.3 Å². The summed E-state index contributed by atoms with van der Waals surface area (Å²) in [4.78, 5) is 20.9. The smallest absolute Gasteiger partial charge is 0.226 e. The Kier molecular flexibility index (Phi) is 3.58. The number of aromatic amines is 1. The number of hydrogen-bond donors (Lipinski definition) is 2. The molecule has 0 unspecified atom stereocenters. The summed E-state index contributed by atoms with van der Waals surface area (Å²) in [6, 6.07) is 9.91. The molecular weight excluding hydrogens is 370 g/mol. The van der Waals surface area contributed by atoms with Gasteiger partial charge in [0.2, 0.25) is 5.28 Å². The van der Waals surface area contributed by atoms with Crippen molar-refractivity contribution >= 4 is 51.0 Å². The van der Waals surface area contributed by atoms with Gasteiger partial charge in [-0.3, -0.25) is 4.57 Å². The zero-order valence-electron chi connectivity index (χ0n) is 13.3. The molecule has 0 saturated carbocycles. The number of imidazole rings is 2. The van der Waals surface area contributed by atoms with Gasteiger partial charge in [-0.05, 0) is 35.2 Å². The van der Waals surface area contributed by atoms with Gasteiger partial charge in [-0.25, -0.2) is 9.97 Å². The molecule has 4 aromatic heterocycles. The van der Waals surface area contributed by atoms with Gasteiger partial charge in [0.1, 0.15) is 12.2 Å². The first-order valence-electron chi connectivity index (χ1n) is 7.88. The summed E-state index contributed by atoms with van der Waals surface area (Å²) in [6.45, 7) is 0.475. The number of aromatic nitrogens is 6. The summed E-state index contributed by atoms with van der Waals surface area (Å²) >= 11 is 7.75. The molecule has 128 valence electrons.